The minimum absolute atomic E-state index is 0.0450. The quantitative estimate of drug-likeness (QED) is 0.809. The Bertz CT molecular complexity index is 433. The van der Waals surface area contributed by atoms with Crippen molar-refractivity contribution in [3.63, 3.8) is 0 Å². The summed E-state index contributed by atoms with van der Waals surface area (Å²) >= 11 is 0. The number of halogens is 1. The van der Waals surface area contributed by atoms with E-state index >= 15 is 0 Å². The molecule has 0 aromatic heterocycles. The summed E-state index contributed by atoms with van der Waals surface area (Å²) in [5.74, 6) is -1.56. The highest BCUT2D eigenvalue weighted by Crippen LogP contribution is 2.33. The van der Waals surface area contributed by atoms with Crippen molar-refractivity contribution in [1.82, 2.24) is 0 Å². The summed E-state index contributed by atoms with van der Waals surface area (Å²) in [4.78, 5) is 11.3. The van der Waals surface area contributed by atoms with Crippen molar-refractivity contribution in [2.24, 2.45) is 0 Å². The highest BCUT2D eigenvalue weighted by Gasteiger charge is 2.22. The molecule has 0 saturated carbocycles. The van der Waals surface area contributed by atoms with Crippen LogP contribution in [0, 0.1) is 5.82 Å². The molecule has 0 spiro atoms. The van der Waals surface area contributed by atoms with Crippen LogP contribution in [-0.2, 0) is 9.53 Å². The number of aliphatic hydroxyl groups excluding tert-OH is 1. The predicted octanol–water partition coefficient (Wildman–Crippen LogP) is 1.44. The second kappa shape index (κ2) is 6.20. The fraction of sp³-hybridized carbons (Fsp3) is 0.417. The van der Waals surface area contributed by atoms with Gasteiger partial charge in [-0.1, -0.05) is 0 Å². The molecule has 1 atom stereocenters. The van der Waals surface area contributed by atoms with Gasteiger partial charge in [-0.05, 0) is 24.6 Å². The normalized spacial score (nSPS) is 11.8. The number of carbonyl (C=O) groups is 1. The first-order valence-electron chi connectivity index (χ1n) is 5.31. The van der Waals surface area contributed by atoms with Crippen molar-refractivity contribution in [3.05, 3.63) is 23.5 Å². The second-order valence-electron chi connectivity index (χ2n) is 3.39. The van der Waals surface area contributed by atoms with Crippen LogP contribution in [0.2, 0.25) is 0 Å². The molecule has 0 heterocycles. The maximum absolute atomic E-state index is 13.6. The Kier molecular flexibility index (Phi) is 4.91. The van der Waals surface area contributed by atoms with Crippen LogP contribution in [0.3, 0.4) is 0 Å². The van der Waals surface area contributed by atoms with Crippen LogP contribution in [0.4, 0.5) is 4.39 Å². The lowest BCUT2D eigenvalue weighted by Gasteiger charge is -2.14. The second-order valence-corrected chi connectivity index (χ2v) is 3.39. The molecule has 18 heavy (non-hydrogen) atoms. The van der Waals surface area contributed by atoms with Crippen molar-refractivity contribution in [2.75, 3.05) is 20.8 Å². The number of esters is 1. The van der Waals surface area contributed by atoms with E-state index in [1.165, 1.54) is 20.3 Å². The molecule has 100 valence electrons. The first-order chi connectivity index (χ1) is 8.54. The largest absolute Gasteiger partial charge is 0.493 e. The molecule has 0 bridgehead atoms. The molecule has 0 aliphatic carbocycles. The summed E-state index contributed by atoms with van der Waals surface area (Å²) in [6.45, 7) is 1.74. The molecule has 0 fully saturated rings. The molecule has 0 radical (unpaired) electrons. The summed E-state index contributed by atoms with van der Waals surface area (Å²) in [6.07, 6.45) is -1.56. The van der Waals surface area contributed by atoms with Crippen LogP contribution in [0.25, 0.3) is 0 Å². The van der Waals surface area contributed by atoms with Gasteiger partial charge in [-0.15, -0.1) is 0 Å². The summed E-state index contributed by atoms with van der Waals surface area (Å²) in [5, 5.41) is 9.69. The fourth-order valence-corrected chi connectivity index (χ4v) is 1.45. The van der Waals surface area contributed by atoms with Crippen LogP contribution in [0.15, 0.2) is 12.1 Å². The number of ether oxygens (including phenoxy) is 3. The van der Waals surface area contributed by atoms with E-state index in [1.54, 1.807) is 6.92 Å². The van der Waals surface area contributed by atoms with Gasteiger partial charge in [0.15, 0.2) is 23.4 Å². The maximum Gasteiger partial charge on any atom is 0.339 e. The van der Waals surface area contributed by atoms with E-state index in [0.29, 0.717) is 0 Å². The SMILES string of the molecule is CCOC(=O)C(O)c1cc(F)c(OC)c(OC)c1. The third-order valence-electron chi connectivity index (χ3n) is 2.28. The minimum atomic E-state index is -1.56. The Balaban J connectivity index is 3.11. The van der Waals surface area contributed by atoms with E-state index in [0.717, 1.165) is 6.07 Å². The van der Waals surface area contributed by atoms with Gasteiger partial charge < -0.3 is 19.3 Å². The summed E-state index contributed by atoms with van der Waals surface area (Å²) in [5.41, 5.74) is 0.0450. The monoisotopic (exact) mass is 258 g/mol. The van der Waals surface area contributed by atoms with Crippen molar-refractivity contribution >= 4 is 5.97 Å². The van der Waals surface area contributed by atoms with E-state index in [2.05, 4.69) is 4.74 Å². The molecular weight excluding hydrogens is 243 g/mol. The Morgan fingerprint density at radius 2 is 2.06 bits per heavy atom. The molecule has 0 aliphatic heterocycles. The molecule has 1 unspecified atom stereocenters. The van der Waals surface area contributed by atoms with E-state index < -0.39 is 17.9 Å². The van der Waals surface area contributed by atoms with Gasteiger partial charge in [0.1, 0.15) is 0 Å². The van der Waals surface area contributed by atoms with Gasteiger partial charge >= 0.3 is 5.97 Å². The van der Waals surface area contributed by atoms with E-state index in [9.17, 15) is 14.3 Å². The lowest BCUT2D eigenvalue weighted by molar-refractivity contribution is -0.153. The zero-order chi connectivity index (χ0) is 13.7. The van der Waals surface area contributed by atoms with Crippen LogP contribution >= 0.6 is 0 Å². The van der Waals surface area contributed by atoms with Gasteiger partial charge in [-0.3, -0.25) is 0 Å². The van der Waals surface area contributed by atoms with Crippen LogP contribution in [-0.4, -0.2) is 31.9 Å². The molecule has 1 aromatic carbocycles. The first kappa shape index (κ1) is 14.2. The number of methoxy groups -OCH3 is 2. The van der Waals surface area contributed by atoms with Gasteiger partial charge in [0.25, 0.3) is 0 Å². The number of hydrogen-bond donors (Lipinski definition) is 1. The zero-order valence-electron chi connectivity index (χ0n) is 10.4. The molecule has 0 amide bonds. The molecular formula is C12H15FO5. The number of carbonyl (C=O) groups excluding carboxylic acids is 1. The molecule has 5 nitrogen and oxygen atoms in total. The molecule has 0 saturated heterocycles. The molecule has 6 heteroatoms. The van der Waals surface area contributed by atoms with E-state index in [1.807, 2.05) is 0 Å². The lowest BCUT2D eigenvalue weighted by Crippen LogP contribution is -2.15. The first-order valence-corrected chi connectivity index (χ1v) is 5.31. The van der Waals surface area contributed by atoms with Gasteiger partial charge in [0.2, 0.25) is 0 Å². The third kappa shape index (κ3) is 2.89. The smallest absolute Gasteiger partial charge is 0.339 e. The van der Waals surface area contributed by atoms with Gasteiger partial charge in [-0.25, -0.2) is 9.18 Å². The maximum atomic E-state index is 13.6. The lowest BCUT2D eigenvalue weighted by atomic mass is 10.1. The molecule has 0 aliphatic rings. The van der Waals surface area contributed by atoms with E-state index in [4.69, 9.17) is 9.47 Å². The highest BCUT2D eigenvalue weighted by atomic mass is 19.1. The topological polar surface area (TPSA) is 65.0 Å². The highest BCUT2D eigenvalue weighted by molar-refractivity contribution is 5.76. The zero-order valence-corrected chi connectivity index (χ0v) is 10.4. The summed E-state index contributed by atoms with van der Waals surface area (Å²) in [7, 11) is 2.63. The number of rotatable bonds is 5. The number of hydrogen-bond acceptors (Lipinski definition) is 5. The van der Waals surface area contributed by atoms with Crippen LogP contribution < -0.4 is 9.47 Å². The third-order valence-corrected chi connectivity index (χ3v) is 2.28. The summed E-state index contributed by atoms with van der Waals surface area (Å²) in [6, 6.07) is 2.33. The average Bonchev–Trinajstić information content (AvgIpc) is 2.36. The molecule has 1 N–H and O–H groups in total. The van der Waals surface area contributed by atoms with E-state index in [-0.39, 0.29) is 23.7 Å². The Hall–Kier alpha value is -1.82. The van der Waals surface area contributed by atoms with Crippen LogP contribution in [0.5, 0.6) is 11.5 Å². The molecule has 1 aromatic rings. The molecule has 1 rings (SSSR count). The number of benzene rings is 1. The Morgan fingerprint density at radius 1 is 1.39 bits per heavy atom. The van der Waals surface area contributed by atoms with Crippen molar-refractivity contribution < 1.29 is 28.5 Å². The summed E-state index contributed by atoms with van der Waals surface area (Å²) < 4.78 is 28.0. The van der Waals surface area contributed by atoms with Gasteiger partial charge in [-0.2, -0.15) is 0 Å². The van der Waals surface area contributed by atoms with Crippen molar-refractivity contribution in [3.8, 4) is 11.5 Å². The Morgan fingerprint density at radius 3 is 2.56 bits per heavy atom. The van der Waals surface area contributed by atoms with Crippen molar-refractivity contribution in [1.29, 1.82) is 0 Å². The van der Waals surface area contributed by atoms with Crippen LogP contribution in [0.1, 0.15) is 18.6 Å². The van der Waals surface area contributed by atoms with Gasteiger partial charge in [0.05, 0.1) is 20.8 Å². The fourth-order valence-electron chi connectivity index (χ4n) is 1.45. The standard InChI is InChI=1S/C12H15FO5/c1-4-18-12(15)10(14)7-5-8(13)11(17-3)9(6-7)16-2/h5-6,10,14H,4H2,1-3H3. The minimum Gasteiger partial charge on any atom is -0.493 e. The number of aliphatic hydroxyl groups is 1. The van der Waals surface area contributed by atoms with Gasteiger partial charge in [0, 0.05) is 0 Å². The predicted molar refractivity (Wildman–Crippen MR) is 61.1 cm³/mol. The van der Waals surface area contributed by atoms with Crippen molar-refractivity contribution in [2.45, 2.75) is 13.0 Å². The Labute approximate surface area is 104 Å². The average molecular weight is 258 g/mol.